The van der Waals surface area contributed by atoms with Crippen LogP contribution in [0.25, 0.3) is 0 Å². The van der Waals surface area contributed by atoms with Gasteiger partial charge in [-0.3, -0.25) is 4.55 Å². The molecule has 0 amide bonds. The fourth-order valence-electron chi connectivity index (χ4n) is 0.895. The van der Waals surface area contributed by atoms with E-state index in [2.05, 4.69) is 0 Å². The van der Waals surface area contributed by atoms with E-state index in [1.807, 2.05) is 0 Å². The first-order valence-corrected chi connectivity index (χ1v) is 4.59. The Kier molecular flexibility index (Phi) is 2.25. The van der Waals surface area contributed by atoms with Crippen LogP contribution in [0.15, 0.2) is 23.8 Å². The maximum atomic E-state index is 13.1. The molecule has 0 aromatic heterocycles. The molecule has 1 rings (SSSR count). The first kappa shape index (κ1) is 10.3. The molecule has 0 radical (unpaired) electrons. The fraction of sp³-hybridized carbons (Fsp3) is 0.333. The number of hydrogen-bond donors (Lipinski definition) is 1. The molecule has 0 spiro atoms. The zero-order chi connectivity index (χ0) is 10.3. The van der Waals surface area contributed by atoms with Gasteiger partial charge in [0.05, 0.1) is 6.42 Å². The van der Waals surface area contributed by atoms with E-state index in [9.17, 15) is 21.6 Å². The van der Waals surface area contributed by atoms with Gasteiger partial charge in [-0.2, -0.15) is 8.42 Å². The summed E-state index contributed by atoms with van der Waals surface area (Å²) in [6.45, 7) is 0. The highest BCUT2D eigenvalue weighted by molar-refractivity contribution is 7.87. The van der Waals surface area contributed by atoms with Crippen molar-refractivity contribution >= 4 is 10.1 Å². The van der Waals surface area contributed by atoms with Crippen LogP contribution in [-0.2, 0) is 10.1 Å². The molecule has 0 saturated heterocycles. The number of allylic oxidation sites excluding steroid dienone is 3. The van der Waals surface area contributed by atoms with Gasteiger partial charge in [-0.15, -0.1) is 0 Å². The largest absolute Gasteiger partial charge is 0.304 e. The van der Waals surface area contributed by atoms with Gasteiger partial charge in [-0.25, -0.2) is 13.2 Å². The van der Waals surface area contributed by atoms with Crippen LogP contribution in [0, 0.1) is 0 Å². The summed E-state index contributed by atoms with van der Waals surface area (Å²) in [7, 11) is -5.16. The van der Waals surface area contributed by atoms with Crippen molar-refractivity contribution in [1.82, 2.24) is 0 Å². The first-order valence-electron chi connectivity index (χ1n) is 3.15. The van der Waals surface area contributed by atoms with Gasteiger partial charge in [0, 0.05) is 12.2 Å². The summed E-state index contributed by atoms with van der Waals surface area (Å²) in [5.74, 6) is -2.65. The van der Waals surface area contributed by atoms with Crippen molar-refractivity contribution in [2.24, 2.45) is 0 Å². The molecule has 1 aliphatic rings. The Labute approximate surface area is 72.3 Å². The van der Waals surface area contributed by atoms with E-state index in [1.54, 1.807) is 0 Å². The molecule has 0 fully saturated rings. The topological polar surface area (TPSA) is 54.4 Å². The number of alkyl halides is 1. The minimum atomic E-state index is -5.16. The summed E-state index contributed by atoms with van der Waals surface area (Å²) in [4.78, 5) is 0. The molecule has 1 unspecified atom stereocenters. The molecule has 1 N–H and O–H groups in total. The van der Waals surface area contributed by atoms with Crippen LogP contribution >= 0.6 is 0 Å². The summed E-state index contributed by atoms with van der Waals surface area (Å²) in [6.07, 6.45) is -0.840. The highest BCUT2D eigenvalue weighted by Crippen LogP contribution is 2.34. The maximum absolute atomic E-state index is 13.1. The van der Waals surface area contributed by atoms with Crippen molar-refractivity contribution in [3.8, 4) is 0 Å². The first-order chi connectivity index (χ1) is 5.74. The minimum Gasteiger partial charge on any atom is -0.283 e. The molecule has 0 bridgehead atoms. The summed E-state index contributed by atoms with van der Waals surface area (Å²) in [5.41, 5.74) is 0. The van der Waals surface area contributed by atoms with E-state index < -0.39 is 33.2 Å². The van der Waals surface area contributed by atoms with Crippen molar-refractivity contribution in [2.45, 2.75) is 11.4 Å². The second-order valence-corrected chi connectivity index (χ2v) is 4.19. The Morgan fingerprint density at radius 3 is 2.38 bits per heavy atom. The monoisotopic (exact) mass is 214 g/mol. The second-order valence-electron chi connectivity index (χ2n) is 2.56. The van der Waals surface area contributed by atoms with Gasteiger partial charge in [0.25, 0.3) is 5.00 Å². The molecule has 7 heteroatoms. The third-order valence-electron chi connectivity index (χ3n) is 1.49. The number of hydrogen-bond acceptors (Lipinski definition) is 2. The molecule has 0 aromatic carbocycles. The third-order valence-corrected chi connectivity index (χ3v) is 2.61. The van der Waals surface area contributed by atoms with Crippen molar-refractivity contribution in [2.75, 3.05) is 0 Å². The van der Waals surface area contributed by atoms with Gasteiger partial charge in [-0.05, 0) is 0 Å². The number of rotatable bonds is 1. The number of halogens is 3. The molecule has 0 saturated carbocycles. The highest BCUT2D eigenvalue weighted by Gasteiger charge is 2.44. The van der Waals surface area contributed by atoms with Gasteiger partial charge in [0.15, 0.2) is 0 Å². The molecule has 0 heterocycles. The average molecular weight is 214 g/mol. The van der Waals surface area contributed by atoms with Crippen LogP contribution in [0.2, 0.25) is 0 Å². The van der Waals surface area contributed by atoms with Crippen LogP contribution in [0.1, 0.15) is 6.42 Å². The predicted molar refractivity (Wildman–Crippen MR) is 38.4 cm³/mol. The average Bonchev–Trinajstić information content (AvgIpc) is 1.79. The highest BCUT2D eigenvalue weighted by atomic mass is 32.2. The van der Waals surface area contributed by atoms with Gasteiger partial charge in [-0.1, -0.05) is 0 Å². The molecular formula is C6H5F3O3S. The lowest BCUT2D eigenvalue weighted by Crippen LogP contribution is -2.32. The molecule has 1 aliphatic carbocycles. The van der Waals surface area contributed by atoms with Crippen LogP contribution in [0.3, 0.4) is 0 Å². The van der Waals surface area contributed by atoms with Gasteiger partial charge >= 0.3 is 10.1 Å². The maximum Gasteiger partial charge on any atom is 0.304 e. The van der Waals surface area contributed by atoms with Gasteiger partial charge < -0.3 is 0 Å². The van der Waals surface area contributed by atoms with Crippen molar-refractivity contribution < 1.29 is 26.1 Å². The van der Waals surface area contributed by atoms with Crippen molar-refractivity contribution in [3.63, 3.8) is 0 Å². The lowest BCUT2D eigenvalue weighted by atomic mass is 10.1. The van der Waals surface area contributed by atoms with Crippen molar-refractivity contribution in [3.05, 3.63) is 23.8 Å². The van der Waals surface area contributed by atoms with E-state index in [0.29, 0.717) is 6.08 Å². The van der Waals surface area contributed by atoms with E-state index in [0.717, 1.165) is 0 Å². The fourth-order valence-corrected chi connectivity index (χ4v) is 1.48. The lowest BCUT2D eigenvalue weighted by Gasteiger charge is -2.19. The Balaban J connectivity index is 3.19. The van der Waals surface area contributed by atoms with E-state index >= 15 is 0 Å². The molecule has 13 heavy (non-hydrogen) atoms. The SMILES string of the molecule is O=S(=O)(O)C1(F)C=C(F)C=C(F)C1. The Morgan fingerprint density at radius 2 is 2.00 bits per heavy atom. The molecule has 0 aliphatic heterocycles. The zero-order valence-electron chi connectivity index (χ0n) is 6.17. The predicted octanol–water partition coefficient (Wildman–Crippen LogP) is 1.65. The minimum absolute atomic E-state index is 0.0193. The molecular weight excluding hydrogens is 209 g/mol. The van der Waals surface area contributed by atoms with Crippen LogP contribution in [-0.4, -0.2) is 18.0 Å². The Morgan fingerprint density at radius 1 is 1.46 bits per heavy atom. The van der Waals surface area contributed by atoms with Gasteiger partial charge in [0.1, 0.15) is 11.7 Å². The van der Waals surface area contributed by atoms with Crippen LogP contribution < -0.4 is 0 Å². The van der Waals surface area contributed by atoms with Crippen LogP contribution in [0.5, 0.6) is 0 Å². The molecule has 0 aromatic rings. The second kappa shape index (κ2) is 2.85. The van der Waals surface area contributed by atoms with Crippen molar-refractivity contribution in [1.29, 1.82) is 0 Å². The normalized spacial score (nSPS) is 29.5. The lowest BCUT2D eigenvalue weighted by molar-refractivity contribution is 0.275. The standard InChI is InChI=1S/C6H5F3O3S/c7-4-1-5(8)3-6(9,2-4)13(10,11)12/h1-2H,3H2,(H,10,11,12). The molecule has 1 atom stereocenters. The molecule has 3 nitrogen and oxygen atoms in total. The van der Waals surface area contributed by atoms with E-state index in [4.69, 9.17) is 4.55 Å². The zero-order valence-corrected chi connectivity index (χ0v) is 6.98. The van der Waals surface area contributed by atoms with E-state index in [1.165, 1.54) is 0 Å². The van der Waals surface area contributed by atoms with E-state index in [-0.39, 0.29) is 6.08 Å². The molecule has 74 valence electrons. The Hall–Kier alpha value is -0.820. The summed E-state index contributed by atoms with van der Waals surface area (Å²) in [5, 5.41) is -3.39. The summed E-state index contributed by atoms with van der Waals surface area (Å²) < 4.78 is 67.0. The smallest absolute Gasteiger partial charge is 0.283 e. The summed E-state index contributed by atoms with van der Waals surface area (Å²) in [6, 6.07) is 0. The third kappa shape index (κ3) is 1.92. The van der Waals surface area contributed by atoms with Crippen LogP contribution in [0.4, 0.5) is 13.2 Å². The summed E-state index contributed by atoms with van der Waals surface area (Å²) >= 11 is 0. The Bertz CT molecular complexity index is 384. The quantitative estimate of drug-likeness (QED) is 0.675. The van der Waals surface area contributed by atoms with Gasteiger partial charge in [0.2, 0.25) is 0 Å².